The summed E-state index contributed by atoms with van der Waals surface area (Å²) in [7, 11) is 0. The maximum Gasteiger partial charge on any atom is 0.159 e. The van der Waals surface area contributed by atoms with Crippen LogP contribution < -0.4 is 0 Å². The van der Waals surface area contributed by atoms with Crippen molar-refractivity contribution in [1.29, 1.82) is 0 Å². The SMILES string of the molecule is [c]1cnc2n[c]ccc2c1. The quantitative estimate of drug-likeness (QED) is 0.533. The highest BCUT2D eigenvalue weighted by atomic mass is 14.8. The van der Waals surface area contributed by atoms with Gasteiger partial charge in [-0.25, -0.2) is 9.97 Å². The lowest BCUT2D eigenvalue weighted by molar-refractivity contribution is 1.28. The summed E-state index contributed by atoms with van der Waals surface area (Å²) in [4.78, 5) is 7.91. The zero-order valence-corrected chi connectivity index (χ0v) is 5.20. The lowest BCUT2D eigenvalue weighted by Crippen LogP contribution is -1.79. The Morgan fingerprint density at radius 1 is 1.40 bits per heavy atom. The van der Waals surface area contributed by atoms with E-state index < -0.39 is 0 Å². The average Bonchev–Trinajstić information content (AvgIpc) is 2.05. The Bertz CT molecular complexity index is 278. The molecule has 2 radical (unpaired) electrons. The van der Waals surface area contributed by atoms with Crippen LogP contribution >= 0.6 is 0 Å². The Labute approximate surface area is 58.6 Å². The lowest BCUT2D eigenvalue weighted by Gasteiger charge is -1.89. The van der Waals surface area contributed by atoms with Gasteiger partial charge in [-0.3, -0.25) is 0 Å². The first-order valence-electron chi connectivity index (χ1n) is 2.96. The van der Waals surface area contributed by atoms with Crippen LogP contribution in [0.1, 0.15) is 0 Å². The summed E-state index contributed by atoms with van der Waals surface area (Å²) < 4.78 is 0. The Kier molecular flexibility index (Phi) is 1.10. The average molecular weight is 128 g/mol. The van der Waals surface area contributed by atoms with Gasteiger partial charge in [-0.2, -0.15) is 0 Å². The minimum absolute atomic E-state index is 0.723. The second-order valence-corrected chi connectivity index (χ2v) is 1.92. The topological polar surface area (TPSA) is 25.8 Å². The van der Waals surface area contributed by atoms with Crippen LogP contribution in [0.15, 0.2) is 24.4 Å². The molecule has 0 spiro atoms. The molecule has 0 saturated heterocycles. The Hall–Kier alpha value is -1.44. The summed E-state index contributed by atoms with van der Waals surface area (Å²) >= 11 is 0. The Balaban J connectivity index is 2.89. The predicted molar refractivity (Wildman–Crippen MR) is 37.2 cm³/mol. The van der Waals surface area contributed by atoms with E-state index in [1.807, 2.05) is 12.1 Å². The largest absolute Gasteiger partial charge is 0.236 e. The monoisotopic (exact) mass is 128 g/mol. The Morgan fingerprint density at radius 3 is 3.30 bits per heavy atom. The number of pyridine rings is 2. The molecule has 2 aromatic heterocycles. The van der Waals surface area contributed by atoms with E-state index in [1.54, 1.807) is 12.3 Å². The van der Waals surface area contributed by atoms with Crippen molar-refractivity contribution in [3.8, 4) is 0 Å². The number of rotatable bonds is 0. The number of hydrogen-bond donors (Lipinski definition) is 0. The van der Waals surface area contributed by atoms with Crippen molar-refractivity contribution in [2.75, 3.05) is 0 Å². The fourth-order valence-corrected chi connectivity index (χ4v) is 0.806. The number of fused-ring (bicyclic) bond motifs is 1. The second kappa shape index (κ2) is 2.06. The van der Waals surface area contributed by atoms with Gasteiger partial charge in [0.05, 0.1) is 6.20 Å². The molecule has 2 heterocycles. The van der Waals surface area contributed by atoms with E-state index in [9.17, 15) is 0 Å². The number of aromatic nitrogens is 2. The predicted octanol–water partition coefficient (Wildman–Crippen LogP) is 1.23. The van der Waals surface area contributed by atoms with Gasteiger partial charge in [0.2, 0.25) is 0 Å². The summed E-state index contributed by atoms with van der Waals surface area (Å²) in [6.07, 6.45) is 4.31. The molecule has 0 N–H and O–H groups in total. The van der Waals surface area contributed by atoms with E-state index in [0.29, 0.717) is 0 Å². The molecule has 0 aliphatic carbocycles. The molecule has 2 nitrogen and oxygen atoms in total. The molecular formula is C8H4N2. The molecule has 10 heavy (non-hydrogen) atoms. The third kappa shape index (κ3) is 0.739. The molecule has 0 unspecified atom stereocenters. The van der Waals surface area contributed by atoms with Crippen molar-refractivity contribution < 1.29 is 0 Å². The van der Waals surface area contributed by atoms with Gasteiger partial charge < -0.3 is 0 Å². The highest BCUT2D eigenvalue weighted by Crippen LogP contribution is 2.03. The zero-order valence-electron chi connectivity index (χ0n) is 5.20. The third-order valence-electron chi connectivity index (χ3n) is 1.27. The van der Waals surface area contributed by atoms with Gasteiger partial charge >= 0.3 is 0 Å². The molecule has 0 aliphatic heterocycles. The van der Waals surface area contributed by atoms with Gasteiger partial charge in [-0.05, 0) is 18.2 Å². The van der Waals surface area contributed by atoms with Crippen LogP contribution in [0.5, 0.6) is 0 Å². The van der Waals surface area contributed by atoms with Crippen molar-refractivity contribution >= 4 is 11.0 Å². The molecule has 2 aromatic rings. The van der Waals surface area contributed by atoms with Crippen molar-refractivity contribution in [2.45, 2.75) is 0 Å². The molecule has 2 heteroatoms. The van der Waals surface area contributed by atoms with E-state index in [1.165, 1.54) is 0 Å². The molecular weight excluding hydrogens is 124 g/mol. The lowest BCUT2D eigenvalue weighted by atomic mass is 10.3. The van der Waals surface area contributed by atoms with Crippen LogP contribution in [0.4, 0.5) is 0 Å². The van der Waals surface area contributed by atoms with Crippen molar-refractivity contribution in [2.24, 2.45) is 0 Å². The smallest absolute Gasteiger partial charge is 0.159 e. The van der Waals surface area contributed by atoms with Crippen LogP contribution in [-0.2, 0) is 0 Å². The van der Waals surface area contributed by atoms with Gasteiger partial charge in [0.15, 0.2) is 5.65 Å². The summed E-state index contributed by atoms with van der Waals surface area (Å²) in [5, 5.41) is 1.00. The van der Waals surface area contributed by atoms with Gasteiger partial charge in [-0.1, -0.05) is 0 Å². The van der Waals surface area contributed by atoms with Gasteiger partial charge in [0.25, 0.3) is 0 Å². The molecule has 0 amide bonds. The maximum absolute atomic E-state index is 3.98. The Morgan fingerprint density at radius 2 is 2.40 bits per heavy atom. The minimum atomic E-state index is 0.723. The van der Waals surface area contributed by atoms with E-state index in [0.717, 1.165) is 11.0 Å². The van der Waals surface area contributed by atoms with Crippen LogP contribution in [0.3, 0.4) is 0 Å². The van der Waals surface area contributed by atoms with Crippen molar-refractivity contribution in [1.82, 2.24) is 9.97 Å². The van der Waals surface area contributed by atoms with Gasteiger partial charge in [-0.15, -0.1) is 0 Å². The summed E-state index contributed by atoms with van der Waals surface area (Å²) in [5.74, 6) is 0. The first-order valence-corrected chi connectivity index (χ1v) is 2.96. The summed E-state index contributed by atoms with van der Waals surface area (Å²) in [6, 6.07) is 8.39. The van der Waals surface area contributed by atoms with Crippen molar-refractivity contribution in [3.63, 3.8) is 0 Å². The van der Waals surface area contributed by atoms with E-state index in [2.05, 4.69) is 22.2 Å². The van der Waals surface area contributed by atoms with Gasteiger partial charge in [0.1, 0.15) is 0 Å². The molecule has 0 bridgehead atoms. The molecule has 0 fully saturated rings. The van der Waals surface area contributed by atoms with E-state index >= 15 is 0 Å². The first-order chi connectivity index (χ1) is 4.97. The molecule has 0 aliphatic rings. The maximum atomic E-state index is 3.98. The van der Waals surface area contributed by atoms with Crippen LogP contribution in [0.25, 0.3) is 11.0 Å². The molecule has 2 rings (SSSR count). The molecule has 0 aromatic carbocycles. The standard InChI is InChI=1S/C8H4N2/c1-3-7-4-2-6-10-8(7)9-5-1/h1,3-4,6H. The van der Waals surface area contributed by atoms with Gasteiger partial charge in [0, 0.05) is 17.6 Å². The molecule has 0 atom stereocenters. The zero-order chi connectivity index (χ0) is 6.81. The highest BCUT2D eigenvalue weighted by molar-refractivity contribution is 5.73. The first kappa shape index (κ1) is 5.35. The van der Waals surface area contributed by atoms with Crippen molar-refractivity contribution in [3.05, 3.63) is 36.7 Å². The fraction of sp³-hybridized carbons (Fsp3) is 0. The van der Waals surface area contributed by atoms with E-state index in [4.69, 9.17) is 0 Å². The summed E-state index contributed by atoms with van der Waals surface area (Å²) in [5.41, 5.74) is 0.723. The van der Waals surface area contributed by atoms with Crippen LogP contribution in [0, 0.1) is 12.3 Å². The molecule has 0 saturated carbocycles. The van der Waals surface area contributed by atoms with Crippen LogP contribution in [0.2, 0.25) is 0 Å². The minimum Gasteiger partial charge on any atom is -0.236 e. The summed E-state index contributed by atoms with van der Waals surface area (Å²) in [6.45, 7) is 0. The van der Waals surface area contributed by atoms with Crippen LogP contribution in [-0.4, -0.2) is 9.97 Å². The normalized spacial score (nSPS) is 10.0. The third-order valence-corrected chi connectivity index (χ3v) is 1.27. The highest BCUT2D eigenvalue weighted by Gasteiger charge is 1.88. The van der Waals surface area contributed by atoms with E-state index in [-0.39, 0.29) is 0 Å². The number of hydrogen-bond acceptors (Lipinski definition) is 2. The fourth-order valence-electron chi connectivity index (χ4n) is 0.806. The molecule has 46 valence electrons. The second-order valence-electron chi connectivity index (χ2n) is 1.92. The number of nitrogens with zero attached hydrogens (tertiary/aromatic N) is 2.